The SMILES string of the molecule is CC(C)(N)CC1CCCc2cc(S(=O)(=O)c3ccccc3)ccc21. The number of aryl methyl sites for hydroxylation is 1. The Morgan fingerprint density at radius 3 is 2.46 bits per heavy atom. The zero-order chi connectivity index (χ0) is 17.4. The fraction of sp³-hybridized carbons (Fsp3) is 0.400. The molecule has 0 saturated carbocycles. The van der Waals surface area contributed by atoms with Crippen molar-refractivity contribution in [3.05, 3.63) is 59.7 Å². The maximum absolute atomic E-state index is 12.8. The van der Waals surface area contributed by atoms with Gasteiger partial charge in [-0.05, 0) is 80.8 Å². The lowest BCUT2D eigenvalue weighted by Gasteiger charge is -2.31. The van der Waals surface area contributed by atoms with Gasteiger partial charge < -0.3 is 5.73 Å². The van der Waals surface area contributed by atoms with Crippen LogP contribution in [0.3, 0.4) is 0 Å². The van der Waals surface area contributed by atoms with Gasteiger partial charge in [0.2, 0.25) is 9.84 Å². The summed E-state index contributed by atoms with van der Waals surface area (Å²) in [7, 11) is -3.45. The Kier molecular flexibility index (Phi) is 4.54. The molecule has 0 aliphatic heterocycles. The number of benzene rings is 2. The van der Waals surface area contributed by atoms with Gasteiger partial charge in [-0.25, -0.2) is 8.42 Å². The van der Waals surface area contributed by atoms with Crippen LogP contribution in [0.15, 0.2) is 58.3 Å². The largest absolute Gasteiger partial charge is 0.326 e. The number of hydrogen-bond donors (Lipinski definition) is 1. The third-order valence-corrected chi connectivity index (χ3v) is 6.46. The smallest absolute Gasteiger partial charge is 0.206 e. The highest BCUT2D eigenvalue weighted by Gasteiger charge is 2.27. The highest BCUT2D eigenvalue weighted by atomic mass is 32.2. The molecule has 4 heteroatoms. The summed E-state index contributed by atoms with van der Waals surface area (Å²) in [5, 5.41) is 0. The van der Waals surface area contributed by atoms with Crippen molar-refractivity contribution in [2.24, 2.45) is 5.73 Å². The average Bonchev–Trinajstić information content (AvgIpc) is 2.54. The highest BCUT2D eigenvalue weighted by molar-refractivity contribution is 7.91. The minimum absolute atomic E-state index is 0.214. The number of rotatable bonds is 4. The lowest BCUT2D eigenvalue weighted by molar-refractivity contribution is 0.393. The quantitative estimate of drug-likeness (QED) is 0.910. The first-order valence-corrected chi connectivity index (χ1v) is 9.97. The van der Waals surface area contributed by atoms with E-state index in [-0.39, 0.29) is 5.54 Å². The molecule has 3 rings (SSSR count). The average molecular weight is 343 g/mol. The van der Waals surface area contributed by atoms with Crippen LogP contribution in [-0.4, -0.2) is 14.0 Å². The molecular weight excluding hydrogens is 318 g/mol. The highest BCUT2D eigenvalue weighted by Crippen LogP contribution is 2.38. The van der Waals surface area contributed by atoms with Crippen molar-refractivity contribution in [3.8, 4) is 0 Å². The number of nitrogens with two attached hydrogens (primary N) is 1. The normalized spacial score (nSPS) is 18.2. The van der Waals surface area contributed by atoms with Crippen molar-refractivity contribution in [2.45, 2.75) is 60.8 Å². The predicted octanol–water partition coefficient (Wildman–Crippen LogP) is 4.07. The molecule has 0 bridgehead atoms. The monoisotopic (exact) mass is 343 g/mol. The van der Waals surface area contributed by atoms with E-state index < -0.39 is 9.84 Å². The van der Waals surface area contributed by atoms with Crippen LogP contribution in [0.4, 0.5) is 0 Å². The summed E-state index contributed by atoms with van der Waals surface area (Å²) in [5.41, 5.74) is 8.42. The summed E-state index contributed by atoms with van der Waals surface area (Å²) in [6.07, 6.45) is 4.07. The van der Waals surface area contributed by atoms with E-state index in [0.717, 1.165) is 31.2 Å². The Balaban J connectivity index is 1.97. The van der Waals surface area contributed by atoms with Crippen LogP contribution in [0.25, 0.3) is 0 Å². The Hall–Kier alpha value is -1.65. The standard InChI is InChI=1S/C20H25NO2S/c1-20(2,21)14-16-8-6-7-15-13-18(11-12-19(15)16)24(22,23)17-9-4-3-5-10-17/h3-5,9-13,16H,6-8,14,21H2,1-2H3. The molecule has 3 nitrogen and oxygen atoms in total. The van der Waals surface area contributed by atoms with Crippen molar-refractivity contribution in [2.75, 3.05) is 0 Å². The number of fused-ring (bicyclic) bond motifs is 1. The Morgan fingerprint density at radius 1 is 1.08 bits per heavy atom. The van der Waals surface area contributed by atoms with Crippen LogP contribution in [0.1, 0.15) is 50.2 Å². The van der Waals surface area contributed by atoms with E-state index in [1.54, 1.807) is 30.3 Å². The molecule has 0 fully saturated rings. The van der Waals surface area contributed by atoms with Crippen molar-refractivity contribution in [3.63, 3.8) is 0 Å². The van der Waals surface area contributed by atoms with Crippen molar-refractivity contribution in [1.82, 2.24) is 0 Å². The summed E-state index contributed by atoms with van der Waals surface area (Å²) in [6, 6.07) is 14.3. The Morgan fingerprint density at radius 2 is 1.79 bits per heavy atom. The molecule has 0 saturated heterocycles. The fourth-order valence-electron chi connectivity index (χ4n) is 3.64. The van der Waals surface area contributed by atoms with Gasteiger partial charge in [0, 0.05) is 5.54 Å². The van der Waals surface area contributed by atoms with Gasteiger partial charge in [0.1, 0.15) is 0 Å². The molecule has 24 heavy (non-hydrogen) atoms. The third-order valence-electron chi connectivity index (χ3n) is 4.69. The van der Waals surface area contributed by atoms with Crippen LogP contribution in [-0.2, 0) is 16.3 Å². The van der Waals surface area contributed by atoms with Crippen LogP contribution >= 0.6 is 0 Å². The molecule has 0 aromatic heterocycles. The van der Waals surface area contributed by atoms with E-state index >= 15 is 0 Å². The Bertz CT molecular complexity index is 820. The zero-order valence-electron chi connectivity index (χ0n) is 14.3. The van der Waals surface area contributed by atoms with E-state index in [1.807, 2.05) is 18.2 Å². The first-order chi connectivity index (χ1) is 11.3. The Labute approximate surface area is 144 Å². The number of hydrogen-bond acceptors (Lipinski definition) is 3. The predicted molar refractivity (Wildman–Crippen MR) is 96.9 cm³/mol. The first-order valence-electron chi connectivity index (χ1n) is 8.49. The van der Waals surface area contributed by atoms with Crippen LogP contribution in [0.2, 0.25) is 0 Å². The van der Waals surface area contributed by atoms with Crippen molar-refractivity contribution >= 4 is 9.84 Å². The summed E-state index contributed by atoms with van der Waals surface area (Å²) in [6.45, 7) is 4.10. The van der Waals surface area contributed by atoms with E-state index in [1.165, 1.54) is 5.56 Å². The molecular formula is C20H25NO2S. The van der Waals surface area contributed by atoms with Gasteiger partial charge in [-0.2, -0.15) is 0 Å². The van der Waals surface area contributed by atoms with Gasteiger partial charge in [-0.1, -0.05) is 24.3 Å². The maximum atomic E-state index is 12.8. The summed E-state index contributed by atoms with van der Waals surface area (Å²) in [5.74, 6) is 0.419. The van der Waals surface area contributed by atoms with E-state index in [0.29, 0.717) is 15.7 Å². The van der Waals surface area contributed by atoms with Gasteiger partial charge in [0.15, 0.2) is 0 Å². The number of sulfone groups is 1. The molecule has 0 spiro atoms. The lowest BCUT2D eigenvalue weighted by Crippen LogP contribution is -2.34. The molecule has 1 aliphatic rings. The molecule has 1 aliphatic carbocycles. The topological polar surface area (TPSA) is 60.2 Å². The van der Waals surface area contributed by atoms with E-state index in [2.05, 4.69) is 13.8 Å². The molecule has 128 valence electrons. The second kappa shape index (κ2) is 6.34. The summed E-state index contributed by atoms with van der Waals surface area (Å²) < 4.78 is 25.6. The lowest BCUT2D eigenvalue weighted by atomic mass is 9.77. The van der Waals surface area contributed by atoms with E-state index in [9.17, 15) is 8.42 Å². The minimum Gasteiger partial charge on any atom is -0.326 e. The van der Waals surface area contributed by atoms with Gasteiger partial charge in [-0.3, -0.25) is 0 Å². The van der Waals surface area contributed by atoms with Crippen LogP contribution in [0.5, 0.6) is 0 Å². The minimum atomic E-state index is -3.45. The van der Waals surface area contributed by atoms with Gasteiger partial charge in [-0.15, -0.1) is 0 Å². The van der Waals surface area contributed by atoms with Crippen LogP contribution < -0.4 is 5.73 Å². The molecule has 0 amide bonds. The second-order valence-corrected chi connectivity index (χ2v) is 9.41. The first kappa shape index (κ1) is 17.2. The van der Waals surface area contributed by atoms with E-state index in [4.69, 9.17) is 5.73 Å². The molecule has 0 heterocycles. The second-order valence-electron chi connectivity index (χ2n) is 7.46. The molecule has 2 aromatic rings. The van der Waals surface area contributed by atoms with Crippen molar-refractivity contribution < 1.29 is 8.42 Å². The zero-order valence-corrected chi connectivity index (χ0v) is 15.1. The summed E-state index contributed by atoms with van der Waals surface area (Å²) in [4.78, 5) is 0.737. The maximum Gasteiger partial charge on any atom is 0.206 e. The third kappa shape index (κ3) is 3.55. The van der Waals surface area contributed by atoms with Gasteiger partial charge >= 0.3 is 0 Å². The van der Waals surface area contributed by atoms with Gasteiger partial charge in [0.25, 0.3) is 0 Å². The molecule has 2 N–H and O–H groups in total. The van der Waals surface area contributed by atoms with Gasteiger partial charge in [0.05, 0.1) is 9.79 Å². The van der Waals surface area contributed by atoms with Crippen LogP contribution in [0, 0.1) is 0 Å². The summed E-state index contributed by atoms with van der Waals surface area (Å²) >= 11 is 0. The molecule has 2 aromatic carbocycles. The molecule has 1 unspecified atom stereocenters. The molecule has 1 atom stereocenters. The molecule has 0 radical (unpaired) electrons. The fourth-order valence-corrected chi connectivity index (χ4v) is 4.97. The van der Waals surface area contributed by atoms with Crippen molar-refractivity contribution in [1.29, 1.82) is 0 Å².